The zero-order valence-electron chi connectivity index (χ0n) is 14.3. The van der Waals surface area contributed by atoms with Crippen LogP contribution in [0.25, 0.3) is 0 Å². The lowest BCUT2D eigenvalue weighted by Crippen LogP contribution is -2.16. The Morgan fingerprint density at radius 2 is 1.95 bits per heavy atom. The second-order valence-corrected chi connectivity index (χ2v) is 6.77. The number of nitrogens with one attached hydrogen (secondary N) is 1. The molecule has 1 aromatic rings. The lowest BCUT2D eigenvalue weighted by molar-refractivity contribution is 0.605. The smallest absolute Gasteiger partial charge is 0.144 e. The first-order valence-corrected chi connectivity index (χ1v) is 8.86. The normalized spacial score (nSPS) is 13.8. The predicted molar refractivity (Wildman–Crippen MR) is 92.2 cm³/mol. The van der Waals surface area contributed by atoms with Crippen molar-refractivity contribution in [3.05, 3.63) is 22.4 Å². The SMILES string of the molecule is CCCCc1nc(NCCC(C)C)c(C#N)c2c1CCCC2. The van der Waals surface area contributed by atoms with E-state index in [9.17, 15) is 5.26 Å². The molecule has 1 aliphatic carbocycles. The average Bonchev–Trinajstić information content (AvgIpc) is 2.52. The highest BCUT2D eigenvalue weighted by Crippen LogP contribution is 2.31. The third-order valence-electron chi connectivity index (χ3n) is 4.49. The van der Waals surface area contributed by atoms with Gasteiger partial charge in [0.15, 0.2) is 0 Å². The number of aromatic nitrogens is 1. The molecular weight excluding hydrogens is 270 g/mol. The van der Waals surface area contributed by atoms with Gasteiger partial charge >= 0.3 is 0 Å². The van der Waals surface area contributed by atoms with Crippen molar-refractivity contribution in [1.29, 1.82) is 5.26 Å². The summed E-state index contributed by atoms with van der Waals surface area (Å²) in [5.41, 5.74) is 4.70. The van der Waals surface area contributed by atoms with Crippen LogP contribution in [-0.2, 0) is 19.3 Å². The van der Waals surface area contributed by atoms with Gasteiger partial charge in [0, 0.05) is 12.2 Å². The molecule has 22 heavy (non-hydrogen) atoms. The number of hydrogen-bond donors (Lipinski definition) is 1. The zero-order valence-corrected chi connectivity index (χ0v) is 14.3. The maximum Gasteiger partial charge on any atom is 0.144 e. The molecule has 2 rings (SSSR count). The van der Waals surface area contributed by atoms with Crippen molar-refractivity contribution in [2.75, 3.05) is 11.9 Å². The summed E-state index contributed by atoms with van der Waals surface area (Å²) in [6.07, 6.45) is 9.09. The Bertz CT molecular complexity index is 541. The topological polar surface area (TPSA) is 48.7 Å². The Morgan fingerprint density at radius 3 is 2.59 bits per heavy atom. The summed E-state index contributed by atoms with van der Waals surface area (Å²) in [6.45, 7) is 7.56. The Balaban J connectivity index is 2.32. The molecule has 0 aliphatic heterocycles. The number of fused-ring (bicyclic) bond motifs is 1. The minimum absolute atomic E-state index is 0.662. The van der Waals surface area contributed by atoms with Crippen LogP contribution >= 0.6 is 0 Å². The van der Waals surface area contributed by atoms with E-state index in [1.807, 2.05) is 0 Å². The standard InChI is InChI=1S/C19H29N3/c1-4-5-10-18-16-9-7-6-8-15(16)17(13-20)19(22-18)21-12-11-14(2)3/h14H,4-12H2,1-3H3,(H,21,22). The molecule has 0 atom stereocenters. The molecule has 0 bridgehead atoms. The van der Waals surface area contributed by atoms with Crippen LogP contribution in [0.1, 0.15) is 75.3 Å². The van der Waals surface area contributed by atoms with E-state index in [4.69, 9.17) is 4.98 Å². The van der Waals surface area contributed by atoms with Crippen LogP contribution in [-0.4, -0.2) is 11.5 Å². The van der Waals surface area contributed by atoms with E-state index in [2.05, 4.69) is 32.2 Å². The summed E-state index contributed by atoms with van der Waals surface area (Å²) in [5, 5.41) is 13.0. The van der Waals surface area contributed by atoms with Crippen molar-refractivity contribution in [1.82, 2.24) is 4.98 Å². The molecule has 1 N–H and O–H groups in total. The molecule has 0 aromatic carbocycles. The van der Waals surface area contributed by atoms with Crippen LogP contribution < -0.4 is 5.32 Å². The number of pyridine rings is 1. The second kappa shape index (κ2) is 8.17. The fourth-order valence-electron chi connectivity index (χ4n) is 3.18. The molecule has 0 spiro atoms. The molecule has 0 saturated heterocycles. The summed E-state index contributed by atoms with van der Waals surface area (Å²) < 4.78 is 0. The lowest BCUT2D eigenvalue weighted by atomic mass is 9.86. The van der Waals surface area contributed by atoms with Crippen LogP contribution in [0.15, 0.2) is 0 Å². The molecule has 0 saturated carbocycles. The maximum atomic E-state index is 9.62. The largest absolute Gasteiger partial charge is 0.369 e. The second-order valence-electron chi connectivity index (χ2n) is 6.77. The number of anilines is 1. The molecule has 120 valence electrons. The highest BCUT2D eigenvalue weighted by molar-refractivity contribution is 5.60. The quantitative estimate of drug-likeness (QED) is 0.798. The third-order valence-corrected chi connectivity index (χ3v) is 4.49. The molecule has 0 fully saturated rings. The molecule has 0 radical (unpaired) electrons. The van der Waals surface area contributed by atoms with Crippen LogP contribution in [0.4, 0.5) is 5.82 Å². The van der Waals surface area contributed by atoms with E-state index in [0.29, 0.717) is 5.92 Å². The molecule has 3 heteroatoms. The van der Waals surface area contributed by atoms with Crippen molar-refractivity contribution in [2.24, 2.45) is 5.92 Å². The average molecular weight is 299 g/mol. The van der Waals surface area contributed by atoms with Crippen LogP contribution in [0, 0.1) is 17.2 Å². The van der Waals surface area contributed by atoms with Gasteiger partial charge in [0.05, 0.1) is 5.56 Å². The lowest BCUT2D eigenvalue weighted by Gasteiger charge is -2.22. The molecule has 1 aliphatic rings. The van der Waals surface area contributed by atoms with Crippen molar-refractivity contribution < 1.29 is 0 Å². The summed E-state index contributed by atoms with van der Waals surface area (Å²) >= 11 is 0. The molecule has 3 nitrogen and oxygen atoms in total. The third kappa shape index (κ3) is 4.00. The van der Waals surface area contributed by atoms with E-state index >= 15 is 0 Å². The summed E-state index contributed by atoms with van der Waals surface area (Å²) in [4.78, 5) is 4.86. The Kier molecular flexibility index (Phi) is 6.24. The monoisotopic (exact) mass is 299 g/mol. The highest BCUT2D eigenvalue weighted by Gasteiger charge is 2.21. The minimum Gasteiger partial charge on any atom is -0.369 e. The minimum atomic E-state index is 0.662. The van der Waals surface area contributed by atoms with Crippen LogP contribution in [0.3, 0.4) is 0 Å². The van der Waals surface area contributed by atoms with Gasteiger partial charge in [-0.2, -0.15) is 5.26 Å². The van der Waals surface area contributed by atoms with Crippen molar-refractivity contribution in [2.45, 2.75) is 72.1 Å². The van der Waals surface area contributed by atoms with Crippen molar-refractivity contribution in [3.63, 3.8) is 0 Å². The zero-order chi connectivity index (χ0) is 15.9. The maximum absolute atomic E-state index is 9.62. The van der Waals surface area contributed by atoms with E-state index < -0.39 is 0 Å². The number of rotatable bonds is 7. The fourth-order valence-corrected chi connectivity index (χ4v) is 3.18. The number of hydrogen-bond acceptors (Lipinski definition) is 3. The molecular formula is C19H29N3. The summed E-state index contributed by atoms with van der Waals surface area (Å²) in [5.74, 6) is 1.49. The Labute approximate surface area is 135 Å². The highest BCUT2D eigenvalue weighted by atomic mass is 15.0. The van der Waals surface area contributed by atoms with Gasteiger partial charge in [-0.25, -0.2) is 4.98 Å². The van der Waals surface area contributed by atoms with Gasteiger partial charge in [0.25, 0.3) is 0 Å². The summed E-state index contributed by atoms with van der Waals surface area (Å²) in [6, 6.07) is 2.42. The first-order chi connectivity index (χ1) is 10.7. The number of nitrogens with zero attached hydrogens (tertiary/aromatic N) is 2. The van der Waals surface area contributed by atoms with Gasteiger partial charge in [0.1, 0.15) is 11.9 Å². The Hall–Kier alpha value is -1.56. The van der Waals surface area contributed by atoms with Gasteiger partial charge < -0.3 is 5.32 Å². The molecule has 0 unspecified atom stereocenters. The van der Waals surface area contributed by atoms with Gasteiger partial charge in [-0.3, -0.25) is 0 Å². The number of aryl methyl sites for hydroxylation is 1. The fraction of sp³-hybridized carbons (Fsp3) is 0.684. The first kappa shape index (κ1) is 16.8. The molecule has 0 amide bonds. The van der Waals surface area contributed by atoms with Gasteiger partial charge in [-0.1, -0.05) is 27.2 Å². The van der Waals surface area contributed by atoms with Crippen LogP contribution in [0.2, 0.25) is 0 Å². The van der Waals surface area contributed by atoms with E-state index in [1.54, 1.807) is 0 Å². The molecule has 1 heterocycles. The first-order valence-electron chi connectivity index (χ1n) is 8.86. The molecule has 1 aromatic heterocycles. The van der Waals surface area contributed by atoms with E-state index in [0.717, 1.165) is 43.6 Å². The van der Waals surface area contributed by atoms with Gasteiger partial charge in [0.2, 0.25) is 0 Å². The Morgan fingerprint density at radius 1 is 1.23 bits per heavy atom. The van der Waals surface area contributed by atoms with Crippen LogP contribution in [0.5, 0.6) is 0 Å². The van der Waals surface area contributed by atoms with E-state index in [1.165, 1.54) is 42.5 Å². The summed E-state index contributed by atoms with van der Waals surface area (Å²) in [7, 11) is 0. The predicted octanol–water partition coefficient (Wildman–Crippen LogP) is 4.63. The van der Waals surface area contributed by atoms with E-state index in [-0.39, 0.29) is 0 Å². The number of nitriles is 1. The van der Waals surface area contributed by atoms with Crippen molar-refractivity contribution in [3.8, 4) is 6.07 Å². The van der Waals surface area contributed by atoms with Gasteiger partial charge in [-0.15, -0.1) is 0 Å². The number of unbranched alkanes of at least 4 members (excludes halogenated alkanes) is 1. The van der Waals surface area contributed by atoms with Gasteiger partial charge in [-0.05, 0) is 62.0 Å². The van der Waals surface area contributed by atoms with Crippen molar-refractivity contribution >= 4 is 5.82 Å².